The Labute approximate surface area is 121 Å². The molecule has 90 valence electrons. The van der Waals surface area contributed by atoms with Gasteiger partial charge < -0.3 is 4.74 Å². The number of hydrogen-bond donors (Lipinski definition) is 0. The van der Waals surface area contributed by atoms with Gasteiger partial charge in [0.05, 0.1) is 26.7 Å². The Bertz CT molecular complexity index is 547. The van der Waals surface area contributed by atoms with Gasteiger partial charge in [-0.3, -0.25) is 0 Å². The van der Waals surface area contributed by atoms with Gasteiger partial charge in [0.1, 0.15) is 5.15 Å². The summed E-state index contributed by atoms with van der Waals surface area (Å²) in [7, 11) is 1.60. The molecular formula is C10H7BrCl2N2OS. The number of thiophene rings is 1. The molecule has 0 spiro atoms. The summed E-state index contributed by atoms with van der Waals surface area (Å²) in [6.07, 6.45) is 0. The number of aromatic nitrogens is 2. The third-order valence-electron chi connectivity index (χ3n) is 1.95. The van der Waals surface area contributed by atoms with Crippen molar-refractivity contribution in [2.24, 2.45) is 0 Å². The molecule has 2 aromatic heterocycles. The summed E-state index contributed by atoms with van der Waals surface area (Å²) < 4.78 is 5.72. The Hall–Kier alpha value is -0.200. The summed E-state index contributed by atoms with van der Waals surface area (Å²) in [4.78, 5) is 9.47. The van der Waals surface area contributed by atoms with Crippen LogP contribution < -0.4 is 0 Å². The van der Waals surface area contributed by atoms with Crippen molar-refractivity contribution in [2.75, 3.05) is 7.11 Å². The van der Waals surface area contributed by atoms with Crippen molar-refractivity contribution in [2.45, 2.75) is 6.61 Å². The molecule has 0 saturated carbocycles. The number of ether oxygens (including phenoxy) is 1. The topological polar surface area (TPSA) is 35.0 Å². The fourth-order valence-corrected chi connectivity index (χ4v) is 2.72. The van der Waals surface area contributed by atoms with Crippen molar-refractivity contribution in [1.29, 1.82) is 0 Å². The summed E-state index contributed by atoms with van der Waals surface area (Å²) in [5.74, 6) is 0.558. The highest BCUT2D eigenvalue weighted by molar-refractivity contribution is 9.10. The highest BCUT2D eigenvalue weighted by Gasteiger charge is 2.13. The lowest BCUT2D eigenvalue weighted by molar-refractivity contribution is 0.181. The molecule has 0 radical (unpaired) electrons. The number of halogens is 3. The van der Waals surface area contributed by atoms with E-state index in [9.17, 15) is 0 Å². The van der Waals surface area contributed by atoms with Crippen molar-refractivity contribution in [3.05, 3.63) is 31.8 Å². The van der Waals surface area contributed by atoms with Crippen molar-refractivity contribution < 1.29 is 4.74 Å². The van der Waals surface area contributed by atoms with Gasteiger partial charge in [-0.1, -0.05) is 23.2 Å². The quantitative estimate of drug-likeness (QED) is 0.766. The second kappa shape index (κ2) is 5.63. The highest BCUT2D eigenvalue weighted by atomic mass is 79.9. The fourth-order valence-electron chi connectivity index (χ4n) is 1.24. The van der Waals surface area contributed by atoms with Crippen LogP contribution in [-0.2, 0) is 11.3 Å². The number of nitrogens with zero attached hydrogens (tertiary/aromatic N) is 2. The molecular weight excluding hydrogens is 347 g/mol. The zero-order chi connectivity index (χ0) is 12.4. The molecule has 2 aromatic rings. The molecule has 0 bridgehead atoms. The molecule has 0 atom stereocenters. The maximum Gasteiger partial charge on any atom is 0.171 e. The molecule has 0 saturated heterocycles. The zero-order valence-corrected chi connectivity index (χ0v) is 12.6. The van der Waals surface area contributed by atoms with Gasteiger partial charge in [-0.2, -0.15) is 0 Å². The molecule has 0 fully saturated rings. The van der Waals surface area contributed by atoms with Crippen molar-refractivity contribution in [1.82, 2.24) is 9.97 Å². The van der Waals surface area contributed by atoms with Crippen LogP contribution in [0.15, 0.2) is 15.9 Å². The Kier molecular flexibility index (Phi) is 4.38. The van der Waals surface area contributed by atoms with Gasteiger partial charge >= 0.3 is 0 Å². The summed E-state index contributed by atoms with van der Waals surface area (Å²) in [6.45, 7) is 0.370. The standard InChI is InChI=1S/C10H7BrCl2N2OS/c1-16-3-6-8(11)9(13)15-10(14-6)7-2-5(12)4-17-7/h2,4H,3H2,1H3. The van der Waals surface area contributed by atoms with Gasteiger partial charge in [0.25, 0.3) is 0 Å². The Morgan fingerprint density at radius 2 is 2.18 bits per heavy atom. The number of hydrogen-bond acceptors (Lipinski definition) is 4. The molecule has 3 nitrogen and oxygen atoms in total. The molecule has 7 heteroatoms. The lowest BCUT2D eigenvalue weighted by Gasteiger charge is -2.06. The van der Waals surface area contributed by atoms with Crippen molar-refractivity contribution in [3.63, 3.8) is 0 Å². The first kappa shape index (κ1) is 13.2. The molecule has 0 aliphatic rings. The van der Waals surface area contributed by atoms with E-state index >= 15 is 0 Å². The van der Waals surface area contributed by atoms with Crippen LogP contribution in [0.5, 0.6) is 0 Å². The molecule has 17 heavy (non-hydrogen) atoms. The molecule has 0 aliphatic carbocycles. The van der Waals surface area contributed by atoms with Crippen LogP contribution in [0.4, 0.5) is 0 Å². The molecule has 0 unspecified atom stereocenters. The average molecular weight is 354 g/mol. The summed E-state index contributed by atoms with van der Waals surface area (Å²) in [6, 6.07) is 1.81. The number of methoxy groups -OCH3 is 1. The molecule has 0 aliphatic heterocycles. The second-order valence-electron chi connectivity index (χ2n) is 3.16. The predicted molar refractivity (Wildman–Crippen MR) is 73.8 cm³/mol. The van der Waals surface area contributed by atoms with Crippen molar-refractivity contribution >= 4 is 50.5 Å². The summed E-state index contributed by atoms with van der Waals surface area (Å²) >= 11 is 16.7. The highest BCUT2D eigenvalue weighted by Crippen LogP contribution is 2.31. The fraction of sp³-hybridized carbons (Fsp3) is 0.200. The van der Waals surface area contributed by atoms with Gasteiger partial charge in [0.2, 0.25) is 0 Å². The second-order valence-corrected chi connectivity index (χ2v) is 5.66. The minimum Gasteiger partial charge on any atom is -0.378 e. The van der Waals surface area contributed by atoms with Gasteiger partial charge in [-0.25, -0.2) is 9.97 Å². The van der Waals surface area contributed by atoms with E-state index in [1.54, 1.807) is 7.11 Å². The first-order valence-corrected chi connectivity index (χ1v) is 7.00. The van der Waals surface area contributed by atoms with Crippen LogP contribution in [0.2, 0.25) is 10.2 Å². The van der Waals surface area contributed by atoms with E-state index in [4.69, 9.17) is 27.9 Å². The maximum atomic E-state index is 6.03. The van der Waals surface area contributed by atoms with E-state index in [-0.39, 0.29) is 0 Å². The summed E-state index contributed by atoms with van der Waals surface area (Å²) in [5.41, 5.74) is 0.715. The molecule has 0 amide bonds. The van der Waals surface area contributed by atoms with Crippen molar-refractivity contribution in [3.8, 4) is 10.7 Å². The lowest BCUT2D eigenvalue weighted by Crippen LogP contribution is -1.99. The van der Waals surface area contributed by atoms with E-state index in [0.29, 0.717) is 32.8 Å². The Balaban J connectivity index is 2.48. The van der Waals surface area contributed by atoms with E-state index in [1.165, 1.54) is 11.3 Å². The Morgan fingerprint density at radius 3 is 2.76 bits per heavy atom. The molecule has 0 N–H and O–H groups in total. The van der Waals surface area contributed by atoms with Crippen LogP contribution in [0, 0.1) is 0 Å². The van der Waals surface area contributed by atoms with E-state index < -0.39 is 0 Å². The zero-order valence-electron chi connectivity index (χ0n) is 8.71. The Morgan fingerprint density at radius 1 is 1.41 bits per heavy atom. The molecule has 0 aromatic carbocycles. The SMILES string of the molecule is COCc1nc(-c2cc(Cl)cs2)nc(Cl)c1Br. The van der Waals surface area contributed by atoms with Gasteiger partial charge in [-0.05, 0) is 22.0 Å². The van der Waals surface area contributed by atoms with Crippen LogP contribution in [0.25, 0.3) is 10.7 Å². The van der Waals surface area contributed by atoms with E-state index in [1.807, 2.05) is 11.4 Å². The monoisotopic (exact) mass is 352 g/mol. The van der Waals surface area contributed by atoms with E-state index in [2.05, 4.69) is 25.9 Å². The first-order valence-electron chi connectivity index (χ1n) is 4.57. The van der Waals surface area contributed by atoms with Gasteiger partial charge in [0, 0.05) is 12.5 Å². The predicted octanol–water partition coefficient (Wildman–Crippen LogP) is 4.42. The van der Waals surface area contributed by atoms with Crippen LogP contribution >= 0.6 is 50.5 Å². The van der Waals surface area contributed by atoms with Crippen LogP contribution in [0.3, 0.4) is 0 Å². The third-order valence-corrected chi connectivity index (χ3v) is 4.56. The maximum absolute atomic E-state index is 6.03. The normalized spacial score (nSPS) is 10.8. The minimum absolute atomic E-state index is 0.367. The largest absolute Gasteiger partial charge is 0.378 e. The van der Waals surface area contributed by atoms with Crippen LogP contribution in [-0.4, -0.2) is 17.1 Å². The third kappa shape index (κ3) is 2.98. The van der Waals surface area contributed by atoms with Gasteiger partial charge in [-0.15, -0.1) is 11.3 Å². The minimum atomic E-state index is 0.367. The lowest BCUT2D eigenvalue weighted by atomic mass is 10.4. The van der Waals surface area contributed by atoms with E-state index in [0.717, 1.165) is 4.88 Å². The van der Waals surface area contributed by atoms with Crippen LogP contribution in [0.1, 0.15) is 5.69 Å². The average Bonchev–Trinajstić information content (AvgIpc) is 2.71. The molecule has 2 rings (SSSR count). The smallest absolute Gasteiger partial charge is 0.171 e. The first-order chi connectivity index (χ1) is 8.11. The van der Waals surface area contributed by atoms with Gasteiger partial charge in [0.15, 0.2) is 5.82 Å². The number of rotatable bonds is 3. The molecule has 2 heterocycles. The summed E-state index contributed by atoms with van der Waals surface area (Å²) in [5, 5.41) is 2.86.